The van der Waals surface area contributed by atoms with E-state index in [1.807, 2.05) is 0 Å². The fraction of sp³-hybridized carbons (Fsp3) is 0.0286. The van der Waals surface area contributed by atoms with E-state index in [0.29, 0.717) is 0 Å². The van der Waals surface area contributed by atoms with Crippen molar-refractivity contribution < 1.29 is 14.0 Å². The maximum atomic E-state index is 6.74. The first-order valence-electron chi connectivity index (χ1n) is 13.5. The first-order chi connectivity index (χ1) is 19.4. The van der Waals surface area contributed by atoms with E-state index in [0.717, 1.165) is 11.5 Å². The minimum absolute atomic E-state index is 0.583. The Balaban J connectivity index is 1.52. The summed E-state index contributed by atoms with van der Waals surface area (Å²) < 4.78 is 14.3. The van der Waals surface area contributed by atoms with Gasteiger partial charge in [-0.15, -0.1) is 9.08 Å². The van der Waals surface area contributed by atoms with Crippen molar-refractivity contribution in [3.63, 3.8) is 0 Å². The third kappa shape index (κ3) is 1.82. The Morgan fingerprint density at radius 3 is 2.31 bits per heavy atom. The molecular weight excluding hydrogens is 478 g/mol. The molecule has 0 saturated heterocycles. The molecule has 0 radical (unpaired) electrons. The topological polar surface area (TPSA) is 21.4 Å². The molecule has 3 aliphatic heterocycles. The second kappa shape index (κ2) is 5.92. The first kappa shape index (κ1) is 18.9. The van der Waals surface area contributed by atoms with Crippen LogP contribution in [0.2, 0.25) is 0 Å². The number of ether oxygens (including phenoxy) is 1. The van der Waals surface area contributed by atoms with Gasteiger partial charge in [0.05, 0.1) is 10.9 Å². The van der Waals surface area contributed by atoms with Crippen molar-refractivity contribution in [2.75, 3.05) is 0 Å². The summed E-state index contributed by atoms with van der Waals surface area (Å²) in [5, 5.41) is 7.59. The molecule has 1 spiro atoms. The molecular formula is C35H19N3O+2. The van der Waals surface area contributed by atoms with Crippen LogP contribution in [0, 0.1) is 0 Å². The Bertz CT molecular complexity index is 2490. The second-order valence-electron chi connectivity index (χ2n) is 11.0. The average molecular weight is 498 g/mol. The summed E-state index contributed by atoms with van der Waals surface area (Å²) in [5.41, 5.74) is 7.99. The van der Waals surface area contributed by atoms with E-state index in [1.54, 1.807) is 0 Å². The van der Waals surface area contributed by atoms with E-state index in [2.05, 4.69) is 129 Å². The highest BCUT2D eigenvalue weighted by Gasteiger charge is 2.72. The van der Waals surface area contributed by atoms with E-state index < -0.39 is 5.66 Å². The number of pyridine rings is 2. The van der Waals surface area contributed by atoms with Gasteiger partial charge in [0.1, 0.15) is 22.5 Å². The van der Waals surface area contributed by atoms with Crippen LogP contribution in [-0.4, -0.2) is 4.52 Å². The number of fused-ring (bicyclic) bond motifs is 9. The van der Waals surface area contributed by atoms with Crippen LogP contribution < -0.4 is 14.0 Å². The summed E-state index contributed by atoms with van der Waals surface area (Å²) in [5.74, 6) is 1.86. The van der Waals surface area contributed by atoms with Gasteiger partial charge in [-0.25, -0.2) is 0 Å². The Kier molecular flexibility index (Phi) is 2.87. The largest absolute Gasteiger partial charge is 0.455 e. The number of aromatic nitrogens is 3. The van der Waals surface area contributed by atoms with Gasteiger partial charge in [-0.1, -0.05) is 42.5 Å². The predicted octanol–water partition coefficient (Wildman–Crippen LogP) is 6.82. The minimum Gasteiger partial charge on any atom is -0.455 e. The van der Waals surface area contributed by atoms with E-state index in [1.165, 1.54) is 71.3 Å². The first-order valence-corrected chi connectivity index (χ1v) is 13.5. The molecule has 3 aromatic heterocycles. The molecule has 6 heterocycles. The van der Waals surface area contributed by atoms with Crippen LogP contribution in [0.25, 0.3) is 60.1 Å². The highest BCUT2D eigenvalue weighted by molar-refractivity contribution is 6.22. The molecule has 178 valence electrons. The van der Waals surface area contributed by atoms with E-state index in [4.69, 9.17) is 4.74 Å². The quantitative estimate of drug-likeness (QED) is 0.128. The number of para-hydroxylation sites is 1. The maximum absolute atomic E-state index is 6.74. The standard InChI is InChI=1S/C35H19N3O/c1-2-9-21-19-26-25(18-20(21)8-1)22-15-16-30-32-34(22)37-33(26)24-10-3-4-13-28(24)38(37)35(32)31-23(11-7-14-29(31)39-30)27-12-5-6-17-36(27)35/h1-19H/q+2. The lowest BCUT2D eigenvalue weighted by Crippen LogP contribution is -2.73. The van der Waals surface area contributed by atoms with E-state index in [9.17, 15) is 0 Å². The monoisotopic (exact) mass is 497 g/mol. The Hall–Kier alpha value is -5.22. The maximum Gasteiger partial charge on any atom is 0.447 e. The zero-order valence-corrected chi connectivity index (χ0v) is 20.7. The normalized spacial score (nSPS) is 17.5. The summed E-state index contributed by atoms with van der Waals surface area (Å²) >= 11 is 0. The molecule has 11 rings (SSSR count). The van der Waals surface area contributed by atoms with Crippen LogP contribution in [-0.2, 0) is 5.66 Å². The SMILES string of the molecule is c1cc2c3c(c1)-c1cccc[n+]1C31c3c(ccc4c5cc6ccccc6cc5c5c6ccccc6[n+]1n5c34)O2. The fourth-order valence-corrected chi connectivity index (χ4v) is 7.99. The predicted molar refractivity (Wildman–Crippen MR) is 151 cm³/mol. The van der Waals surface area contributed by atoms with Crippen LogP contribution in [0.1, 0.15) is 11.1 Å². The van der Waals surface area contributed by atoms with Gasteiger partial charge in [0.25, 0.3) is 0 Å². The number of nitrogens with zero attached hydrogens (tertiary/aromatic N) is 3. The van der Waals surface area contributed by atoms with Crippen molar-refractivity contribution in [3.05, 3.63) is 127 Å². The molecule has 0 amide bonds. The number of hydrogen-bond donors (Lipinski definition) is 0. The molecule has 0 bridgehead atoms. The second-order valence-corrected chi connectivity index (χ2v) is 11.0. The summed E-state index contributed by atoms with van der Waals surface area (Å²) in [7, 11) is 0. The molecule has 4 nitrogen and oxygen atoms in total. The molecule has 1 atom stereocenters. The van der Waals surface area contributed by atoms with Crippen molar-refractivity contribution in [3.8, 4) is 22.8 Å². The average Bonchev–Trinajstić information content (AvgIpc) is 3.60. The van der Waals surface area contributed by atoms with Gasteiger partial charge < -0.3 is 4.74 Å². The van der Waals surface area contributed by atoms with Crippen LogP contribution in [0.4, 0.5) is 0 Å². The highest BCUT2D eigenvalue weighted by Crippen LogP contribution is 2.57. The zero-order chi connectivity index (χ0) is 25.0. The third-order valence-corrected chi connectivity index (χ3v) is 9.32. The number of rotatable bonds is 0. The third-order valence-electron chi connectivity index (χ3n) is 9.32. The summed E-state index contributed by atoms with van der Waals surface area (Å²) in [6.45, 7) is 0. The summed E-state index contributed by atoms with van der Waals surface area (Å²) in [6.07, 6.45) is 2.24. The lowest BCUT2D eigenvalue weighted by Gasteiger charge is -2.24. The van der Waals surface area contributed by atoms with Gasteiger partial charge in [-0.3, -0.25) is 0 Å². The molecule has 0 aliphatic carbocycles. The van der Waals surface area contributed by atoms with E-state index >= 15 is 0 Å². The molecule has 0 saturated carbocycles. The summed E-state index contributed by atoms with van der Waals surface area (Å²) in [6, 6.07) is 39.8. The van der Waals surface area contributed by atoms with Gasteiger partial charge in [0.15, 0.2) is 17.3 Å². The van der Waals surface area contributed by atoms with Crippen molar-refractivity contribution in [2.45, 2.75) is 5.66 Å². The van der Waals surface area contributed by atoms with Crippen LogP contribution in [0.15, 0.2) is 115 Å². The molecule has 5 aromatic carbocycles. The Labute approximate surface area is 222 Å². The van der Waals surface area contributed by atoms with Crippen LogP contribution >= 0.6 is 0 Å². The van der Waals surface area contributed by atoms with Crippen LogP contribution in [0.5, 0.6) is 11.5 Å². The van der Waals surface area contributed by atoms with Crippen molar-refractivity contribution in [2.24, 2.45) is 0 Å². The molecule has 4 heteroatoms. The van der Waals surface area contributed by atoms with Gasteiger partial charge in [0, 0.05) is 29.0 Å². The lowest BCUT2D eigenvalue weighted by atomic mass is 9.85. The molecule has 3 aliphatic rings. The van der Waals surface area contributed by atoms with Gasteiger partial charge in [-0.2, -0.15) is 0 Å². The summed E-state index contributed by atoms with van der Waals surface area (Å²) in [4.78, 5) is 0. The Morgan fingerprint density at radius 2 is 1.38 bits per heavy atom. The number of benzene rings is 5. The van der Waals surface area contributed by atoms with Gasteiger partial charge in [0.2, 0.25) is 11.2 Å². The van der Waals surface area contributed by atoms with Crippen LogP contribution in [0.3, 0.4) is 0 Å². The molecule has 0 N–H and O–H groups in total. The number of hydrogen-bond acceptors (Lipinski definition) is 1. The fourth-order valence-electron chi connectivity index (χ4n) is 7.99. The van der Waals surface area contributed by atoms with Gasteiger partial charge in [-0.05, 0) is 69.4 Å². The molecule has 1 unspecified atom stereocenters. The Morgan fingerprint density at radius 1 is 0.590 bits per heavy atom. The molecule has 39 heavy (non-hydrogen) atoms. The van der Waals surface area contributed by atoms with Crippen molar-refractivity contribution >= 4 is 48.9 Å². The smallest absolute Gasteiger partial charge is 0.447 e. The van der Waals surface area contributed by atoms with Crippen molar-refractivity contribution in [1.82, 2.24) is 4.52 Å². The molecule has 0 fully saturated rings. The zero-order valence-electron chi connectivity index (χ0n) is 20.7. The van der Waals surface area contributed by atoms with Crippen molar-refractivity contribution in [1.29, 1.82) is 0 Å². The van der Waals surface area contributed by atoms with E-state index in [-0.39, 0.29) is 0 Å². The lowest BCUT2D eigenvalue weighted by molar-refractivity contribution is -0.975. The van der Waals surface area contributed by atoms with Gasteiger partial charge >= 0.3 is 5.66 Å². The molecule has 8 aromatic rings. The minimum atomic E-state index is -0.583. The highest BCUT2D eigenvalue weighted by atomic mass is 16.5.